The van der Waals surface area contributed by atoms with Gasteiger partial charge in [0, 0.05) is 25.4 Å². The van der Waals surface area contributed by atoms with Gasteiger partial charge in [0.15, 0.2) is 0 Å². The van der Waals surface area contributed by atoms with Crippen molar-refractivity contribution in [2.75, 3.05) is 13.1 Å². The van der Waals surface area contributed by atoms with Crippen LogP contribution in [0, 0.1) is 11.3 Å². The first-order valence-corrected chi connectivity index (χ1v) is 6.10. The molecular weight excluding hydrogens is 214 g/mol. The molecule has 1 saturated heterocycles. The molecule has 4 nitrogen and oxygen atoms in total. The molecule has 0 aliphatic carbocycles. The molecule has 1 atom stereocenters. The zero-order valence-corrected chi connectivity index (χ0v) is 9.88. The van der Waals surface area contributed by atoms with Crippen molar-refractivity contribution in [3.8, 4) is 6.07 Å². The Balaban J connectivity index is 1.96. The summed E-state index contributed by atoms with van der Waals surface area (Å²) in [6.07, 6.45) is 5.05. The summed E-state index contributed by atoms with van der Waals surface area (Å²) in [5, 5.41) is 9.05. The minimum Gasteiger partial charge on any atom is -0.314 e. The molecule has 0 bridgehead atoms. The number of aromatic nitrogens is 1. The Labute approximate surface area is 101 Å². The Morgan fingerprint density at radius 1 is 1.35 bits per heavy atom. The highest BCUT2D eigenvalue weighted by molar-refractivity contribution is 4.95. The van der Waals surface area contributed by atoms with Gasteiger partial charge in [-0.15, -0.1) is 0 Å². The monoisotopic (exact) mass is 231 g/mol. The lowest BCUT2D eigenvalue weighted by Crippen LogP contribution is -2.41. The fraction of sp³-hybridized carbons (Fsp3) is 0.538. The van der Waals surface area contributed by atoms with Crippen LogP contribution >= 0.6 is 0 Å². The number of rotatable bonds is 3. The van der Waals surface area contributed by atoms with Crippen molar-refractivity contribution in [2.24, 2.45) is 0 Å². The number of pyridine rings is 1. The van der Waals surface area contributed by atoms with E-state index < -0.39 is 0 Å². The number of piperidine rings is 1. The maximum atomic E-state index is 11.5. The van der Waals surface area contributed by atoms with Crippen molar-refractivity contribution in [1.29, 1.82) is 5.26 Å². The third kappa shape index (κ3) is 2.95. The lowest BCUT2D eigenvalue weighted by Gasteiger charge is -2.31. The smallest absolute Gasteiger partial charge is 0.250 e. The molecule has 17 heavy (non-hydrogen) atoms. The van der Waals surface area contributed by atoms with E-state index in [0.29, 0.717) is 6.54 Å². The molecule has 1 fully saturated rings. The van der Waals surface area contributed by atoms with Gasteiger partial charge >= 0.3 is 0 Å². The van der Waals surface area contributed by atoms with E-state index in [4.69, 9.17) is 5.26 Å². The van der Waals surface area contributed by atoms with Gasteiger partial charge in [0.1, 0.15) is 0 Å². The fourth-order valence-corrected chi connectivity index (χ4v) is 2.29. The maximum Gasteiger partial charge on any atom is 0.250 e. The summed E-state index contributed by atoms with van der Waals surface area (Å²) in [4.78, 5) is 13.7. The molecular formula is C13H17N3O. The van der Waals surface area contributed by atoms with Crippen LogP contribution in [0.5, 0.6) is 0 Å². The number of nitriles is 1. The zero-order valence-electron chi connectivity index (χ0n) is 9.88. The van der Waals surface area contributed by atoms with Crippen LogP contribution in [0.1, 0.15) is 19.3 Å². The third-order valence-electron chi connectivity index (χ3n) is 3.29. The highest BCUT2D eigenvalue weighted by Gasteiger charge is 2.21. The second-order valence-electron chi connectivity index (χ2n) is 4.41. The molecule has 0 radical (unpaired) electrons. The van der Waals surface area contributed by atoms with E-state index >= 15 is 0 Å². The Kier molecular flexibility index (Phi) is 3.94. The molecule has 90 valence electrons. The van der Waals surface area contributed by atoms with Gasteiger partial charge in [-0.25, -0.2) is 0 Å². The van der Waals surface area contributed by atoms with Gasteiger partial charge in [0.2, 0.25) is 0 Å². The number of hydrogen-bond acceptors (Lipinski definition) is 3. The summed E-state index contributed by atoms with van der Waals surface area (Å²) in [7, 11) is 0. The van der Waals surface area contributed by atoms with Crippen molar-refractivity contribution in [3.05, 3.63) is 34.7 Å². The molecule has 1 aromatic rings. The molecule has 0 amide bonds. The van der Waals surface area contributed by atoms with E-state index in [-0.39, 0.29) is 11.6 Å². The van der Waals surface area contributed by atoms with Gasteiger partial charge in [-0.05, 0) is 31.9 Å². The average molecular weight is 231 g/mol. The second-order valence-corrected chi connectivity index (χ2v) is 4.41. The molecule has 1 aliphatic heterocycles. The van der Waals surface area contributed by atoms with Crippen molar-refractivity contribution in [2.45, 2.75) is 31.8 Å². The predicted octanol–water partition coefficient (Wildman–Crippen LogP) is 1.23. The van der Waals surface area contributed by atoms with Crippen LogP contribution in [0.4, 0.5) is 0 Å². The van der Waals surface area contributed by atoms with Crippen molar-refractivity contribution >= 4 is 0 Å². The van der Waals surface area contributed by atoms with Crippen LogP contribution in [-0.2, 0) is 6.54 Å². The lowest BCUT2D eigenvalue weighted by atomic mass is 10.0. The summed E-state index contributed by atoms with van der Waals surface area (Å²) in [5.74, 6) is 0. The van der Waals surface area contributed by atoms with Crippen LogP contribution in [0.3, 0.4) is 0 Å². The minimum atomic E-state index is 0.0259. The summed E-state index contributed by atoms with van der Waals surface area (Å²) in [5.41, 5.74) is 0.0259. The second kappa shape index (κ2) is 5.65. The molecule has 4 heteroatoms. The van der Waals surface area contributed by atoms with Crippen molar-refractivity contribution in [1.82, 2.24) is 9.47 Å². The largest absolute Gasteiger partial charge is 0.314 e. The van der Waals surface area contributed by atoms with Gasteiger partial charge in [-0.3, -0.25) is 9.69 Å². The minimum absolute atomic E-state index is 0.0259. The third-order valence-corrected chi connectivity index (χ3v) is 3.29. The Morgan fingerprint density at radius 2 is 2.24 bits per heavy atom. The van der Waals surface area contributed by atoms with Crippen molar-refractivity contribution in [3.63, 3.8) is 0 Å². The Hall–Kier alpha value is -1.60. The number of nitrogens with zero attached hydrogens (tertiary/aromatic N) is 3. The van der Waals surface area contributed by atoms with Crippen molar-refractivity contribution < 1.29 is 0 Å². The number of likely N-dealkylation sites (tertiary alicyclic amines) is 1. The van der Waals surface area contributed by atoms with Crippen LogP contribution < -0.4 is 5.56 Å². The quantitative estimate of drug-likeness (QED) is 0.786. The van der Waals surface area contributed by atoms with Crippen LogP contribution in [0.25, 0.3) is 0 Å². The van der Waals surface area contributed by atoms with E-state index in [1.54, 1.807) is 22.9 Å². The first-order chi connectivity index (χ1) is 8.31. The van der Waals surface area contributed by atoms with E-state index in [1.165, 1.54) is 0 Å². The fourth-order valence-electron chi connectivity index (χ4n) is 2.29. The lowest BCUT2D eigenvalue weighted by molar-refractivity contribution is 0.177. The molecule has 2 heterocycles. The first kappa shape index (κ1) is 11.9. The van der Waals surface area contributed by atoms with Crippen LogP contribution in [0.15, 0.2) is 29.2 Å². The molecule has 1 aliphatic rings. The van der Waals surface area contributed by atoms with Gasteiger partial charge in [-0.2, -0.15) is 5.26 Å². The topological polar surface area (TPSA) is 49.0 Å². The normalized spacial score (nSPS) is 21.0. The molecule has 0 spiro atoms. The highest BCUT2D eigenvalue weighted by Crippen LogP contribution is 2.15. The van der Waals surface area contributed by atoms with E-state index in [1.807, 2.05) is 6.07 Å². The first-order valence-electron chi connectivity index (χ1n) is 6.10. The van der Waals surface area contributed by atoms with E-state index in [0.717, 1.165) is 32.4 Å². The van der Waals surface area contributed by atoms with Gasteiger partial charge in [0.25, 0.3) is 5.56 Å². The standard InChI is InChI=1S/C13H17N3O/c14-11-12-5-1-3-7-15(12)9-10-16-8-4-2-6-13(16)17/h2,4,6,8,12H,1,3,5,7,9-10H2. The summed E-state index contributed by atoms with van der Waals surface area (Å²) in [6.45, 7) is 2.42. The Morgan fingerprint density at radius 3 is 3.00 bits per heavy atom. The number of hydrogen-bond donors (Lipinski definition) is 0. The summed E-state index contributed by atoms with van der Waals surface area (Å²) < 4.78 is 1.70. The molecule has 1 unspecified atom stereocenters. The maximum absolute atomic E-state index is 11.5. The van der Waals surface area contributed by atoms with E-state index in [9.17, 15) is 4.79 Å². The molecule has 0 N–H and O–H groups in total. The summed E-state index contributed by atoms with van der Waals surface area (Å²) >= 11 is 0. The Bertz CT molecular complexity index is 460. The van der Waals surface area contributed by atoms with E-state index in [2.05, 4.69) is 11.0 Å². The average Bonchev–Trinajstić information content (AvgIpc) is 2.38. The molecule has 0 aromatic carbocycles. The van der Waals surface area contributed by atoms with Crippen LogP contribution in [-0.4, -0.2) is 28.6 Å². The van der Waals surface area contributed by atoms with Crippen LogP contribution in [0.2, 0.25) is 0 Å². The molecule has 1 aromatic heterocycles. The van der Waals surface area contributed by atoms with Gasteiger partial charge in [-0.1, -0.05) is 6.07 Å². The summed E-state index contributed by atoms with van der Waals surface area (Å²) in [6, 6.07) is 7.55. The molecule has 0 saturated carbocycles. The highest BCUT2D eigenvalue weighted by atomic mass is 16.1. The zero-order chi connectivity index (χ0) is 12.1. The SMILES string of the molecule is N#CC1CCCCN1CCn1ccccc1=O. The van der Waals surface area contributed by atoms with Gasteiger partial charge < -0.3 is 4.57 Å². The molecule has 2 rings (SSSR count). The predicted molar refractivity (Wildman–Crippen MR) is 65.5 cm³/mol. The van der Waals surface area contributed by atoms with Gasteiger partial charge in [0.05, 0.1) is 12.1 Å².